The summed E-state index contributed by atoms with van der Waals surface area (Å²) in [5.41, 5.74) is 0.870. The summed E-state index contributed by atoms with van der Waals surface area (Å²) in [5.74, 6) is 0.502. The van der Waals surface area contributed by atoms with Crippen LogP contribution in [0.4, 0.5) is 5.69 Å². The lowest BCUT2D eigenvalue weighted by Crippen LogP contribution is -2.19. The van der Waals surface area contributed by atoms with Gasteiger partial charge in [-0.2, -0.15) is 0 Å². The van der Waals surface area contributed by atoms with E-state index in [2.05, 4.69) is 32.9 Å². The molecule has 1 aliphatic heterocycles. The molecule has 0 atom stereocenters. The molecule has 72 valence electrons. The van der Waals surface area contributed by atoms with Gasteiger partial charge in [0.1, 0.15) is 0 Å². The second kappa shape index (κ2) is 4.31. The zero-order chi connectivity index (χ0) is 9.97. The summed E-state index contributed by atoms with van der Waals surface area (Å²) in [6.45, 7) is 0. The number of carbonyl (C=O) groups is 1. The van der Waals surface area contributed by atoms with Crippen LogP contribution in [0, 0.1) is 3.57 Å². The monoisotopic (exact) mass is 318 g/mol. The molecule has 3 nitrogen and oxygen atoms in total. The van der Waals surface area contributed by atoms with Gasteiger partial charge < -0.3 is 5.32 Å². The molecule has 0 radical (unpaired) electrons. The van der Waals surface area contributed by atoms with E-state index in [4.69, 9.17) is 0 Å². The van der Waals surface area contributed by atoms with E-state index in [-0.39, 0.29) is 5.91 Å². The topological polar surface area (TPSA) is 41.5 Å². The SMILES string of the molecule is O=C1CSC(=Nc2ccc(I)cc2)N1. The van der Waals surface area contributed by atoms with Gasteiger partial charge in [-0.25, -0.2) is 4.99 Å². The number of nitrogens with one attached hydrogen (secondary N) is 1. The number of carbonyl (C=O) groups excluding carboxylic acids is 1. The van der Waals surface area contributed by atoms with E-state index in [1.807, 2.05) is 24.3 Å². The highest BCUT2D eigenvalue weighted by Gasteiger charge is 2.15. The first-order valence-corrected chi connectivity index (χ1v) is 6.07. The minimum absolute atomic E-state index is 0.0271. The molecule has 0 aliphatic carbocycles. The molecule has 1 aliphatic rings. The molecule has 1 amide bonds. The molecule has 1 aromatic carbocycles. The lowest BCUT2D eigenvalue weighted by Gasteiger charge is -1.96. The van der Waals surface area contributed by atoms with Crippen molar-refractivity contribution in [3.05, 3.63) is 27.8 Å². The maximum Gasteiger partial charge on any atom is 0.236 e. The van der Waals surface area contributed by atoms with Gasteiger partial charge in [-0.15, -0.1) is 0 Å². The summed E-state index contributed by atoms with van der Waals surface area (Å²) in [6.07, 6.45) is 0. The minimum Gasteiger partial charge on any atom is -0.304 e. The van der Waals surface area contributed by atoms with Crippen LogP contribution in [0.5, 0.6) is 0 Å². The lowest BCUT2D eigenvalue weighted by atomic mass is 10.3. The molecule has 0 bridgehead atoms. The molecule has 2 rings (SSSR count). The van der Waals surface area contributed by atoms with E-state index in [1.54, 1.807) is 0 Å². The Morgan fingerprint density at radius 3 is 2.64 bits per heavy atom. The maximum atomic E-state index is 10.9. The smallest absolute Gasteiger partial charge is 0.236 e. The van der Waals surface area contributed by atoms with Crippen molar-refractivity contribution < 1.29 is 4.79 Å². The summed E-state index contributed by atoms with van der Waals surface area (Å²) in [5, 5.41) is 3.38. The van der Waals surface area contributed by atoms with E-state index in [0.29, 0.717) is 10.9 Å². The first-order valence-electron chi connectivity index (χ1n) is 4.01. The third-order valence-corrected chi connectivity index (χ3v) is 3.24. The van der Waals surface area contributed by atoms with E-state index in [1.165, 1.54) is 15.3 Å². The normalized spacial score (nSPS) is 18.6. The number of amides is 1. The molecular formula is C9H7IN2OS. The number of thioether (sulfide) groups is 1. The number of hydrogen-bond acceptors (Lipinski definition) is 3. The number of nitrogens with zero attached hydrogens (tertiary/aromatic N) is 1. The standard InChI is InChI=1S/C9H7IN2OS/c10-6-1-3-7(4-2-6)11-9-12-8(13)5-14-9/h1-4H,5H2,(H,11,12,13). The quantitative estimate of drug-likeness (QED) is 0.806. The van der Waals surface area contributed by atoms with Gasteiger partial charge in [0.15, 0.2) is 5.17 Å². The summed E-state index contributed by atoms with van der Waals surface area (Å²) in [6, 6.07) is 7.84. The Labute approximate surface area is 99.5 Å². The largest absolute Gasteiger partial charge is 0.304 e. The number of halogens is 1. The van der Waals surface area contributed by atoms with Gasteiger partial charge in [-0.1, -0.05) is 11.8 Å². The third kappa shape index (κ3) is 2.48. The third-order valence-electron chi connectivity index (χ3n) is 1.64. The van der Waals surface area contributed by atoms with Gasteiger partial charge >= 0.3 is 0 Å². The Kier molecular flexibility index (Phi) is 3.07. The fourth-order valence-electron chi connectivity index (χ4n) is 1.02. The highest BCUT2D eigenvalue weighted by Crippen LogP contribution is 2.18. The molecule has 0 spiro atoms. The predicted molar refractivity (Wildman–Crippen MR) is 66.9 cm³/mol. The van der Waals surface area contributed by atoms with E-state index in [0.717, 1.165) is 5.69 Å². The lowest BCUT2D eigenvalue weighted by molar-refractivity contribution is -0.116. The molecule has 5 heteroatoms. The Morgan fingerprint density at radius 1 is 1.36 bits per heavy atom. The van der Waals surface area contributed by atoms with Crippen molar-refractivity contribution in [2.24, 2.45) is 4.99 Å². The van der Waals surface area contributed by atoms with Crippen molar-refractivity contribution in [3.63, 3.8) is 0 Å². The molecule has 0 unspecified atom stereocenters. The molecule has 1 aromatic rings. The van der Waals surface area contributed by atoms with Gasteiger partial charge in [0.05, 0.1) is 11.4 Å². The Morgan fingerprint density at radius 2 is 2.07 bits per heavy atom. The number of aliphatic imine (C=N–C) groups is 1. The fraction of sp³-hybridized carbons (Fsp3) is 0.111. The van der Waals surface area contributed by atoms with Crippen molar-refractivity contribution in [2.45, 2.75) is 0 Å². The molecule has 1 N–H and O–H groups in total. The van der Waals surface area contributed by atoms with Gasteiger partial charge in [-0.3, -0.25) is 4.79 Å². The minimum atomic E-state index is 0.0271. The van der Waals surface area contributed by atoms with Crippen LogP contribution in [0.3, 0.4) is 0 Å². The Balaban J connectivity index is 2.17. The first-order chi connectivity index (χ1) is 6.74. The highest BCUT2D eigenvalue weighted by atomic mass is 127. The van der Waals surface area contributed by atoms with Crippen LogP contribution in [0.25, 0.3) is 0 Å². The van der Waals surface area contributed by atoms with Crippen LogP contribution in [0.2, 0.25) is 0 Å². The van der Waals surface area contributed by atoms with Gasteiger partial charge in [0, 0.05) is 3.57 Å². The second-order valence-corrected chi connectivity index (χ2v) is 4.94. The van der Waals surface area contributed by atoms with Crippen LogP contribution in [0.1, 0.15) is 0 Å². The van der Waals surface area contributed by atoms with Crippen LogP contribution in [-0.4, -0.2) is 16.8 Å². The van der Waals surface area contributed by atoms with Crippen molar-refractivity contribution in [1.29, 1.82) is 0 Å². The molecule has 1 saturated heterocycles. The summed E-state index contributed by atoms with van der Waals surface area (Å²) in [7, 11) is 0. The highest BCUT2D eigenvalue weighted by molar-refractivity contribution is 14.1. The zero-order valence-corrected chi connectivity index (χ0v) is 10.1. The fourth-order valence-corrected chi connectivity index (χ4v) is 2.07. The van der Waals surface area contributed by atoms with Crippen molar-refractivity contribution in [2.75, 3.05) is 5.75 Å². The maximum absolute atomic E-state index is 10.9. The molecule has 1 fully saturated rings. The molecule has 0 saturated carbocycles. The number of amidine groups is 1. The number of rotatable bonds is 1. The van der Waals surface area contributed by atoms with Gasteiger partial charge in [0.25, 0.3) is 0 Å². The molecule has 1 heterocycles. The van der Waals surface area contributed by atoms with Gasteiger partial charge in [-0.05, 0) is 46.9 Å². The average molecular weight is 318 g/mol. The first kappa shape index (κ1) is 9.97. The number of hydrogen-bond donors (Lipinski definition) is 1. The van der Waals surface area contributed by atoms with E-state index >= 15 is 0 Å². The second-order valence-electron chi connectivity index (χ2n) is 2.73. The predicted octanol–water partition coefficient (Wildman–Crippen LogP) is 2.14. The van der Waals surface area contributed by atoms with Crippen LogP contribution < -0.4 is 5.32 Å². The average Bonchev–Trinajstić information content (AvgIpc) is 2.56. The van der Waals surface area contributed by atoms with Gasteiger partial charge in [0.2, 0.25) is 5.91 Å². The van der Waals surface area contributed by atoms with E-state index in [9.17, 15) is 4.79 Å². The molecular weight excluding hydrogens is 311 g/mol. The summed E-state index contributed by atoms with van der Waals surface area (Å²) in [4.78, 5) is 15.2. The van der Waals surface area contributed by atoms with Crippen molar-refractivity contribution >= 4 is 51.1 Å². The van der Waals surface area contributed by atoms with E-state index < -0.39 is 0 Å². The van der Waals surface area contributed by atoms with Crippen LogP contribution in [-0.2, 0) is 4.79 Å². The Hall–Kier alpha value is -0.560. The summed E-state index contributed by atoms with van der Waals surface area (Å²) < 4.78 is 1.18. The Bertz CT molecular complexity index is 388. The zero-order valence-electron chi connectivity index (χ0n) is 7.16. The number of benzene rings is 1. The van der Waals surface area contributed by atoms with Crippen LogP contribution >= 0.6 is 34.4 Å². The summed E-state index contributed by atoms with van der Waals surface area (Å²) >= 11 is 3.68. The molecule has 0 aromatic heterocycles. The van der Waals surface area contributed by atoms with Crippen LogP contribution in [0.15, 0.2) is 29.3 Å². The van der Waals surface area contributed by atoms with Crippen molar-refractivity contribution in [3.8, 4) is 0 Å². The van der Waals surface area contributed by atoms with Crippen molar-refractivity contribution in [1.82, 2.24) is 5.32 Å². The molecule has 14 heavy (non-hydrogen) atoms.